The number of nitrogen functional groups attached to an aromatic ring is 1. The molecule has 20 heavy (non-hydrogen) atoms. The number of nitro groups is 1. The maximum atomic E-state index is 13.1. The monoisotopic (exact) mass is 292 g/mol. The van der Waals surface area contributed by atoms with Crippen LogP contribution < -0.4 is 5.73 Å². The Kier molecular flexibility index (Phi) is 4.57. The van der Waals surface area contributed by atoms with E-state index in [1.807, 2.05) is 0 Å². The zero-order valence-electron chi connectivity index (χ0n) is 10.6. The summed E-state index contributed by atoms with van der Waals surface area (Å²) in [6.07, 6.45) is 0.735. The van der Waals surface area contributed by atoms with Crippen molar-refractivity contribution in [2.45, 2.75) is 11.3 Å². The summed E-state index contributed by atoms with van der Waals surface area (Å²) in [6, 6.07) is 10.7. The number of anilines is 1. The van der Waals surface area contributed by atoms with Gasteiger partial charge in [-0.2, -0.15) is 0 Å². The van der Waals surface area contributed by atoms with Crippen LogP contribution in [0.1, 0.15) is 5.56 Å². The van der Waals surface area contributed by atoms with Crippen LogP contribution in [-0.2, 0) is 6.42 Å². The molecule has 4 nitrogen and oxygen atoms in total. The van der Waals surface area contributed by atoms with E-state index in [0.29, 0.717) is 10.6 Å². The van der Waals surface area contributed by atoms with E-state index in [2.05, 4.69) is 0 Å². The summed E-state index contributed by atoms with van der Waals surface area (Å²) in [5, 5.41) is 10.5. The molecule has 2 aromatic carbocycles. The molecule has 0 unspecified atom stereocenters. The third-order valence-electron chi connectivity index (χ3n) is 2.77. The second kappa shape index (κ2) is 6.38. The molecule has 0 amide bonds. The highest BCUT2D eigenvalue weighted by Crippen LogP contribution is 2.26. The first-order valence-corrected chi connectivity index (χ1v) is 6.96. The summed E-state index contributed by atoms with van der Waals surface area (Å²) in [4.78, 5) is 10.8. The van der Waals surface area contributed by atoms with E-state index in [-0.39, 0.29) is 11.5 Å². The molecule has 0 saturated carbocycles. The van der Waals surface area contributed by atoms with Gasteiger partial charge in [-0.3, -0.25) is 10.1 Å². The lowest BCUT2D eigenvalue weighted by molar-refractivity contribution is -0.384. The third kappa shape index (κ3) is 3.71. The Morgan fingerprint density at radius 2 is 1.90 bits per heavy atom. The number of halogens is 1. The predicted molar refractivity (Wildman–Crippen MR) is 78.3 cm³/mol. The molecular weight excluding hydrogens is 279 g/mol. The maximum absolute atomic E-state index is 13.1. The highest BCUT2D eigenvalue weighted by Gasteiger charge is 2.05. The van der Waals surface area contributed by atoms with E-state index < -0.39 is 4.92 Å². The highest BCUT2D eigenvalue weighted by atomic mass is 32.2. The van der Waals surface area contributed by atoms with E-state index in [0.717, 1.165) is 17.7 Å². The van der Waals surface area contributed by atoms with Crippen LogP contribution in [0, 0.1) is 15.9 Å². The fourth-order valence-electron chi connectivity index (χ4n) is 1.70. The zero-order valence-corrected chi connectivity index (χ0v) is 11.4. The predicted octanol–water partition coefficient (Wildman–Crippen LogP) is 3.65. The molecule has 0 atom stereocenters. The van der Waals surface area contributed by atoms with Gasteiger partial charge in [0.25, 0.3) is 5.69 Å². The van der Waals surface area contributed by atoms with Gasteiger partial charge in [-0.05, 0) is 30.2 Å². The molecule has 0 radical (unpaired) electrons. The summed E-state index contributed by atoms with van der Waals surface area (Å²) in [5.41, 5.74) is 7.39. The summed E-state index contributed by atoms with van der Waals surface area (Å²) in [7, 11) is 0. The van der Waals surface area contributed by atoms with Gasteiger partial charge in [0.15, 0.2) is 0 Å². The molecule has 0 aliphatic heterocycles. The third-order valence-corrected chi connectivity index (χ3v) is 3.84. The average Bonchev–Trinajstić information content (AvgIpc) is 2.43. The standard InChI is InChI=1S/C14H13FN2O2S/c15-11-3-6-13(16)14(9-11)20-8-7-10-1-4-12(5-2-10)17(18)19/h1-6,9H,7-8,16H2. The van der Waals surface area contributed by atoms with Crippen LogP contribution in [0.2, 0.25) is 0 Å². The summed E-state index contributed by atoms with van der Waals surface area (Å²) in [6.45, 7) is 0. The molecule has 0 fully saturated rings. The number of nitrogens with two attached hydrogens (primary N) is 1. The first-order valence-electron chi connectivity index (χ1n) is 5.97. The second-order valence-corrected chi connectivity index (χ2v) is 5.34. The van der Waals surface area contributed by atoms with Crippen molar-refractivity contribution >= 4 is 23.1 Å². The van der Waals surface area contributed by atoms with Crippen molar-refractivity contribution in [2.24, 2.45) is 0 Å². The quantitative estimate of drug-likeness (QED) is 0.395. The average molecular weight is 292 g/mol. The fraction of sp³-hybridized carbons (Fsp3) is 0.143. The molecule has 0 aliphatic carbocycles. The maximum Gasteiger partial charge on any atom is 0.269 e. The Morgan fingerprint density at radius 3 is 2.55 bits per heavy atom. The Morgan fingerprint density at radius 1 is 1.20 bits per heavy atom. The van der Waals surface area contributed by atoms with Crippen LogP contribution in [0.5, 0.6) is 0 Å². The van der Waals surface area contributed by atoms with E-state index >= 15 is 0 Å². The molecule has 0 aliphatic rings. The molecule has 2 rings (SSSR count). The van der Waals surface area contributed by atoms with E-state index in [1.54, 1.807) is 18.2 Å². The molecular formula is C14H13FN2O2S. The van der Waals surface area contributed by atoms with Crippen LogP contribution in [0.4, 0.5) is 15.8 Å². The van der Waals surface area contributed by atoms with E-state index in [4.69, 9.17) is 5.73 Å². The van der Waals surface area contributed by atoms with Gasteiger partial charge in [0, 0.05) is 28.5 Å². The van der Waals surface area contributed by atoms with Crippen molar-refractivity contribution in [3.8, 4) is 0 Å². The number of nitrogens with zero attached hydrogens (tertiary/aromatic N) is 1. The van der Waals surface area contributed by atoms with Crippen molar-refractivity contribution in [3.05, 3.63) is 64.0 Å². The van der Waals surface area contributed by atoms with Crippen LogP contribution in [-0.4, -0.2) is 10.7 Å². The number of non-ortho nitro benzene ring substituents is 1. The molecule has 0 aromatic heterocycles. The Labute approximate surface area is 119 Å². The first-order chi connectivity index (χ1) is 9.56. The smallest absolute Gasteiger partial charge is 0.269 e. The normalized spacial score (nSPS) is 10.4. The topological polar surface area (TPSA) is 69.2 Å². The Balaban J connectivity index is 1.92. The minimum absolute atomic E-state index is 0.0794. The van der Waals surface area contributed by atoms with Gasteiger partial charge in [-0.25, -0.2) is 4.39 Å². The van der Waals surface area contributed by atoms with Gasteiger partial charge in [0.1, 0.15) is 5.82 Å². The van der Waals surface area contributed by atoms with E-state index in [9.17, 15) is 14.5 Å². The van der Waals surface area contributed by atoms with Gasteiger partial charge in [0.2, 0.25) is 0 Å². The van der Waals surface area contributed by atoms with Gasteiger partial charge in [0.05, 0.1) is 4.92 Å². The van der Waals surface area contributed by atoms with Crippen LogP contribution in [0.3, 0.4) is 0 Å². The van der Waals surface area contributed by atoms with Crippen LogP contribution in [0.15, 0.2) is 47.4 Å². The Bertz CT molecular complexity index is 617. The number of rotatable bonds is 5. The van der Waals surface area contributed by atoms with Crippen LogP contribution >= 0.6 is 11.8 Å². The number of benzene rings is 2. The van der Waals surface area contributed by atoms with Gasteiger partial charge >= 0.3 is 0 Å². The van der Waals surface area contributed by atoms with Crippen molar-refractivity contribution in [1.29, 1.82) is 0 Å². The van der Waals surface area contributed by atoms with Crippen LogP contribution in [0.25, 0.3) is 0 Å². The lowest BCUT2D eigenvalue weighted by Gasteiger charge is -2.05. The first kappa shape index (κ1) is 14.3. The summed E-state index contributed by atoms with van der Waals surface area (Å²) in [5.74, 6) is 0.419. The number of hydrogen-bond acceptors (Lipinski definition) is 4. The molecule has 0 saturated heterocycles. The lowest BCUT2D eigenvalue weighted by atomic mass is 10.1. The SMILES string of the molecule is Nc1ccc(F)cc1SCCc1ccc([N+](=O)[O-])cc1. The lowest BCUT2D eigenvalue weighted by Crippen LogP contribution is -1.93. The molecule has 2 aromatic rings. The Hall–Kier alpha value is -2.08. The summed E-state index contributed by atoms with van der Waals surface area (Å²) >= 11 is 1.47. The molecule has 6 heteroatoms. The van der Waals surface area contributed by atoms with Gasteiger partial charge in [-0.15, -0.1) is 11.8 Å². The number of aryl methyl sites for hydroxylation is 1. The highest BCUT2D eigenvalue weighted by molar-refractivity contribution is 7.99. The molecule has 0 bridgehead atoms. The minimum atomic E-state index is -0.425. The number of thioether (sulfide) groups is 1. The fourth-order valence-corrected chi connectivity index (χ4v) is 2.68. The second-order valence-electron chi connectivity index (χ2n) is 4.20. The van der Waals surface area contributed by atoms with Crippen molar-refractivity contribution in [2.75, 3.05) is 11.5 Å². The summed E-state index contributed by atoms with van der Waals surface area (Å²) < 4.78 is 13.1. The van der Waals surface area contributed by atoms with Crippen molar-refractivity contribution < 1.29 is 9.31 Å². The largest absolute Gasteiger partial charge is 0.398 e. The van der Waals surface area contributed by atoms with Crippen molar-refractivity contribution in [3.63, 3.8) is 0 Å². The minimum Gasteiger partial charge on any atom is -0.398 e. The van der Waals surface area contributed by atoms with E-state index in [1.165, 1.54) is 36.0 Å². The number of hydrogen-bond donors (Lipinski definition) is 1. The molecule has 2 N–H and O–H groups in total. The molecule has 0 spiro atoms. The van der Waals surface area contributed by atoms with Gasteiger partial charge in [-0.1, -0.05) is 12.1 Å². The van der Waals surface area contributed by atoms with Crippen molar-refractivity contribution in [1.82, 2.24) is 0 Å². The molecule has 104 valence electrons. The molecule has 0 heterocycles. The van der Waals surface area contributed by atoms with Gasteiger partial charge < -0.3 is 5.73 Å². The number of nitro benzene ring substituents is 1. The zero-order chi connectivity index (χ0) is 14.5.